The smallest absolute Gasteiger partial charge is 0.307 e. The zero-order valence-corrected chi connectivity index (χ0v) is 14.6. The van der Waals surface area contributed by atoms with Crippen molar-refractivity contribution in [1.82, 2.24) is 4.90 Å². The molecule has 0 spiro atoms. The number of methoxy groups -OCH3 is 1. The largest absolute Gasteiger partial charge is 0.484 e. The maximum Gasteiger partial charge on any atom is 0.307 e. The Morgan fingerprint density at radius 1 is 1.25 bits per heavy atom. The lowest BCUT2D eigenvalue weighted by molar-refractivity contribution is -0.142. The highest BCUT2D eigenvalue weighted by atomic mass is 16.5. The summed E-state index contributed by atoms with van der Waals surface area (Å²) in [5, 5.41) is 0. The van der Waals surface area contributed by atoms with Crippen LogP contribution in [-0.2, 0) is 20.7 Å². The van der Waals surface area contributed by atoms with E-state index in [0.717, 1.165) is 32.1 Å². The molecule has 0 radical (unpaired) electrons. The highest BCUT2D eigenvalue weighted by Gasteiger charge is 2.27. The highest BCUT2D eigenvalue weighted by molar-refractivity contribution is 5.79. The van der Waals surface area contributed by atoms with Crippen molar-refractivity contribution in [3.63, 3.8) is 0 Å². The molecule has 1 saturated carbocycles. The molecule has 0 unspecified atom stereocenters. The molecule has 1 aliphatic rings. The van der Waals surface area contributed by atoms with Crippen LogP contribution in [-0.4, -0.2) is 43.1 Å². The molecule has 0 saturated heterocycles. The topological polar surface area (TPSA) is 55.8 Å². The summed E-state index contributed by atoms with van der Waals surface area (Å²) >= 11 is 0. The van der Waals surface area contributed by atoms with Gasteiger partial charge in [-0.2, -0.15) is 0 Å². The van der Waals surface area contributed by atoms with Gasteiger partial charge in [0.15, 0.2) is 6.61 Å². The van der Waals surface area contributed by atoms with Gasteiger partial charge in [-0.1, -0.05) is 31.9 Å². The number of benzene rings is 1. The summed E-state index contributed by atoms with van der Waals surface area (Å²) in [5.74, 6) is 0.358. The third kappa shape index (κ3) is 5.25. The molecule has 1 aliphatic carbocycles. The minimum Gasteiger partial charge on any atom is -0.484 e. The summed E-state index contributed by atoms with van der Waals surface area (Å²) < 4.78 is 10.4. The van der Waals surface area contributed by atoms with Crippen LogP contribution in [0, 0.1) is 0 Å². The van der Waals surface area contributed by atoms with Crippen LogP contribution in [0.25, 0.3) is 0 Å². The monoisotopic (exact) mass is 333 g/mol. The number of aryl methyl sites for hydroxylation is 1. The normalized spacial score (nSPS) is 14.4. The Balaban J connectivity index is 1.94. The molecule has 5 nitrogen and oxygen atoms in total. The Morgan fingerprint density at radius 2 is 2.00 bits per heavy atom. The molecule has 24 heavy (non-hydrogen) atoms. The van der Waals surface area contributed by atoms with E-state index in [0.29, 0.717) is 12.3 Å². The van der Waals surface area contributed by atoms with Gasteiger partial charge in [-0.05, 0) is 37.0 Å². The van der Waals surface area contributed by atoms with Gasteiger partial charge < -0.3 is 14.4 Å². The van der Waals surface area contributed by atoms with Crippen molar-refractivity contribution in [2.45, 2.75) is 51.5 Å². The predicted molar refractivity (Wildman–Crippen MR) is 91.9 cm³/mol. The van der Waals surface area contributed by atoms with E-state index in [1.165, 1.54) is 12.7 Å². The fourth-order valence-electron chi connectivity index (χ4n) is 3.12. The lowest BCUT2D eigenvalue weighted by Crippen LogP contribution is -2.42. The lowest BCUT2D eigenvalue weighted by Gasteiger charge is -2.28. The van der Waals surface area contributed by atoms with Gasteiger partial charge in [0.2, 0.25) is 0 Å². The van der Waals surface area contributed by atoms with E-state index in [1.54, 1.807) is 4.90 Å². The Labute approximate surface area is 143 Å². The first-order chi connectivity index (χ1) is 11.6. The van der Waals surface area contributed by atoms with Gasteiger partial charge in [0, 0.05) is 12.6 Å². The third-order valence-corrected chi connectivity index (χ3v) is 4.54. The van der Waals surface area contributed by atoms with Crippen LogP contribution in [0.15, 0.2) is 24.3 Å². The van der Waals surface area contributed by atoms with Gasteiger partial charge in [-0.25, -0.2) is 0 Å². The molecule has 2 rings (SSSR count). The number of esters is 1. The van der Waals surface area contributed by atoms with Crippen molar-refractivity contribution in [2.24, 2.45) is 0 Å². The van der Waals surface area contributed by atoms with Crippen LogP contribution < -0.4 is 4.74 Å². The number of ether oxygens (including phenoxy) is 2. The first-order valence-corrected chi connectivity index (χ1v) is 8.72. The molecule has 1 aromatic carbocycles. The van der Waals surface area contributed by atoms with E-state index in [-0.39, 0.29) is 30.9 Å². The Morgan fingerprint density at radius 3 is 2.67 bits per heavy atom. The van der Waals surface area contributed by atoms with E-state index in [4.69, 9.17) is 4.74 Å². The minimum atomic E-state index is -0.289. The van der Waals surface area contributed by atoms with E-state index >= 15 is 0 Å². The van der Waals surface area contributed by atoms with E-state index in [9.17, 15) is 9.59 Å². The number of hydrogen-bond donors (Lipinski definition) is 0. The van der Waals surface area contributed by atoms with Gasteiger partial charge in [-0.15, -0.1) is 0 Å². The average Bonchev–Trinajstić information content (AvgIpc) is 3.14. The van der Waals surface area contributed by atoms with Gasteiger partial charge in [0.1, 0.15) is 5.75 Å². The second-order valence-electron chi connectivity index (χ2n) is 6.14. The summed E-state index contributed by atoms with van der Waals surface area (Å²) in [5.41, 5.74) is 1.18. The second-order valence-corrected chi connectivity index (χ2v) is 6.14. The molecule has 132 valence electrons. The van der Waals surface area contributed by atoms with Crippen LogP contribution in [0.2, 0.25) is 0 Å². The summed E-state index contributed by atoms with van der Waals surface area (Å²) in [4.78, 5) is 25.8. The zero-order chi connectivity index (χ0) is 17.4. The Kier molecular flexibility index (Phi) is 7.09. The molecular formula is C19H27NO4. The first kappa shape index (κ1) is 18.3. The predicted octanol–water partition coefficient (Wildman–Crippen LogP) is 2.96. The number of carbonyl (C=O) groups is 2. The standard InChI is InChI=1S/C19H27NO4/c1-3-15-7-6-10-17(13-15)24-14-18(21)20(12-11-19(22)23-2)16-8-4-5-9-16/h6-7,10,13,16H,3-5,8-9,11-12,14H2,1-2H3. The minimum absolute atomic E-state index is 0.00480. The number of nitrogens with zero attached hydrogens (tertiary/aromatic N) is 1. The zero-order valence-electron chi connectivity index (χ0n) is 14.6. The van der Waals surface area contributed by atoms with Crippen LogP contribution in [0.3, 0.4) is 0 Å². The highest BCUT2D eigenvalue weighted by Crippen LogP contribution is 2.24. The molecule has 5 heteroatoms. The summed E-state index contributed by atoms with van der Waals surface area (Å²) in [6.07, 6.45) is 5.41. The fraction of sp³-hybridized carbons (Fsp3) is 0.579. The SMILES string of the molecule is CCc1cccc(OCC(=O)N(CCC(=O)OC)C2CCCC2)c1. The van der Waals surface area contributed by atoms with Crippen LogP contribution in [0.5, 0.6) is 5.75 Å². The summed E-state index contributed by atoms with van der Waals surface area (Å²) in [6.45, 7) is 2.48. The molecule has 0 atom stereocenters. The van der Waals surface area contributed by atoms with E-state index in [1.807, 2.05) is 24.3 Å². The van der Waals surface area contributed by atoms with Crippen molar-refractivity contribution in [3.8, 4) is 5.75 Å². The number of rotatable bonds is 8. The van der Waals surface area contributed by atoms with Gasteiger partial charge >= 0.3 is 5.97 Å². The molecule has 0 aromatic heterocycles. The quantitative estimate of drug-likeness (QED) is 0.686. The molecule has 0 bridgehead atoms. The van der Waals surface area contributed by atoms with Crippen molar-refractivity contribution in [2.75, 3.05) is 20.3 Å². The fourth-order valence-corrected chi connectivity index (χ4v) is 3.12. The van der Waals surface area contributed by atoms with E-state index < -0.39 is 0 Å². The maximum atomic E-state index is 12.6. The molecule has 1 amide bonds. The Bertz CT molecular complexity index is 552. The van der Waals surface area contributed by atoms with E-state index in [2.05, 4.69) is 11.7 Å². The van der Waals surface area contributed by atoms with Gasteiger partial charge in [-0.3, -0.25) is 9.59 Å². The Hall–Kier alpha value is -2.04. The first-order valence-electron chi connectivity index (χ1n) is 8.72. The molecule has 1 aromatic rings. The number of carbonyl (C=O) groups excluding carboxylic acids is 2. The molecule has 0 heterocycles. The van der Waals surface area contributed by atoms with Crippen molar-refractivity contribution in [1.29, 1.82) is 0 Å². The summed E-state index contributed by atoms with van der Waals surface area (Å²) in [7, 11) is 1.37. The van der Waals surface area contributed by atoms with Gasteiger partial charge in [0.05, 0.1) is 13.5 Å². The average molecular weight is 333 g/mol. The van der Waals surface area contributed by atoms with Crippen molar-refractivity contribution < 1.29 is 19.1 Å². The van der Waals surface area contributed by atoms with Crippen molar-refractivity contribution in [3.05, 3.63) is 29.8 Å². The van der Waals surface area contributed by atoms with Gasteiger partial charge in [0.25, 0.3) is 5.91 Å². The van der Waals surface area contributed by atoms with Crippen LogP contribution >= 0.6 is 0 Å². The third-order valence-electron chi connectivity index (χ3n) is 4.54. The second kappa shape index (κ2) is 9.30. The lowest BCUT2D eigenvalue weighted by atomic mass is 10.2. The van der Waals surface area contributed by atoms with Crippen LogP contribution in [0.4, 0.5) is 0 Å². The molecular weight excluding hydrogens is 306 g/mol. The van der Waals surface area contributed by atoms with Crippen LogP contribution in [0.1, 0.15) is 44.6 Å². The summed E-state index contributed by atoms with van der Waals surface area (Å²) in [6, 6.07) is 8.01. The maximum absolute atomic E-state index is 12.6. The van der Waals surface area contributed by atoms with Crippen molar-refractivity contribution >= 4 is 11.9 Å². The molecule has 0 aliphatic heterocycles. The molecule has 0 N–H and O–H groups in total. The molecule has 1 fully saturated rings. The number of hydrogen-bond acceptors (Lipinski definition) is 4. The number of amides is 1.